The van der Waals surface area contributed by atoms with Crippen LogP contribution in [-0.4, -0.2) is 32.4 Å². The Kier molecular flexibility index (Phi) is 6.19. The number of carbonyl (C=O) groups is 1. The van der Waals surface area contributed by atoms with Crippen LogP contribution in [0.4, 0.5) is 0 Å². The fraction of sp³-hybridized carbons (Fsp3) is 0.125. The topological polar surface area (TPSA) is 65.0 Å². The van der Waals surface area contributed by atoms with Gasteiger partial charge in [0.05, 0.1) is 21.3 Å². The van der Waals surface area contributed by atoms with Gasteiger partial charge in [0, 0.05) is 0 Å². The number of carboxylic acid groups (broad SMARTS) is 1. The molecule has 0 atom stereocenters. The lowest BCUT2D eigenvalue weighted by molar-refractivity contribution is 0.0693. The van der Waals surface area contributed by atoms with Crippen LogP contribution in [0.15, 0.2) is 66.7 Å². The number of rotatable bonds is 7. The van der Waals surface area contributed by atoms with Crippen LogP contribution in [0.25, 0.3) is 11.6 Å². The standard InChI is InChI=1S/C24H22O5/c1-27-19-9-4-16(5-10-19)14-22(17-6-11-20(28-2)12-7-17)18-8-13-21(24(25)26)23(15-18)29-3/h4-15H,1-3H3,(H,25,26)/b22-14+. The Morgan fingerprint density at radius 2 is 1.31 bits per heavy atom. The number of methoxy groups -OCH3 is 3. The maximum atomic E-state index is 11.4. The zero-order valence-electron chi connectivity index (χ0n) is 16.5. The molecule has 0 bridgehead atoms. The monoisotopic (exact) mass is 390 g/mol. The minimum absolute atomic E-state index is 0.120. The van der Waals surface area contributed by atoms with E-state index in [0.29, 0.717) is 5.75 Å². The van der Waals surface area contributed by atoms with Crippen molar-refractivity contribution in [1.29, 1.82) is 0 Å². The summed E-state index contributed by atoms with van der Waals surface area (Å²) in [5.41, 5.74) is 3.83. The molecule has 0 amide bonds. The molecule has 0 saturated carbocycles. The summed E-state index contributed by atoms with van der Waals surface area (Å²) in [5.74, 6) is 0.819. The smallest absolute Gasteiger partial charge is 0.339 e. The van der Waals surface area contributed by atoms with E-state index in [1.54, 1.807) is 32.4 Å². The Labute approximate surface area is 169 Å². The van der Waals surface area contributed by atoms with E-state index >= 15 is 0 Å². The van der Waals surface area contributed by atoms with Crippen LogP contribution in [0.1, 0.15) is 27.0 Å². The van der Waals surface area contributed by atoms with Crippen LogP contribution in [0.5, 0.6) is 17.2 Å². The van der Waals surface area contributed by atoms with E-state index < -0.39 is 5.97 Å². The maximum absolute atomic E-state index is 11.4. The third-order valence-electron chi connectivity index (χ3n) is 4.57. The number of ether oxygens (including phenoxy) is 3. The highest BCUT2D eigenvalue weighted by Gasteiger charge is 2.14. The van der Waals surface area contributed by atoms with Gasteiger partial charge in [-0.2, -0.15) is 0 Å². The summed E-state index contributed by atoms with van der Waals surface area (Å²) in [4.78, 5) is 11.4. The van der Waals surface area contributed by atoms with Gasteiger partial charge in [-0.1, -0.05) is 30.3 Å². The van der Waals surface area contributed by atoms with Crippen LogP contribution in [0.2, 0.25) is 0 Å². The van der Waals surface area contributed by atoms with Crippen LogP contribution < -0.4 is 14.2 Å². The summed E-state index contributed by atoms with van der Waals surface area (Å²) in [6.45, 7) is 0. The average molecular weight is 390 g/mol. The molecule has 0 spiro atoms. The van der Waals surface area contributed by atoms with Crippen LogP contribution in [-0.2, 0) is 0 Å². The Morgan fingerprint density at radius 1 is 0.759 bits per heavy atom. The predicted octanol–water partition coefficient (Wildman–Crippen LogP) is 5.00. The number of benzene rings is 3. The van der Waals surface area contributed by atoms with E-state index in [9.17, 15) is 9.90 Å². The molecule has 0 unspecified atom stereocenters. The van der Waals surface area contributed by atoms with Crippen LogP contribution in [0, 0.1) is 0 Å². The van der Waals surface area contributed by atoms with Crippen molar-refractivity contribution in [1.82, 2.24) is 0 Å². The second kappa shape index (κ2) is 8.97. The Morgan fingerprint density at radius 3 is 1.83 bits per heavy atom. The van der Waals surface area contributed by atoms with Crippen molar-refractivity contribution in [3.63, 3.8) is 0 Å². The third-order valence-corrected chi connectivity index (χ3v) is 4.57. The normalized spacial score (nSPS) is 11.1. The Hall–Kier alpha value is -3.73. The van der Waals surface area contributed by atoms with Gasteiger partial charge in [-0.3, -0.25) is 0 Å². The summed E-state index contributed by atoms with van der Waals surface area (Å²) in [6, 6.07) is 20.5. The molecule has 29 heavy (non-hydrogen) atoms. The maximum Gasteiger partial charge on any atom is 0.339 e. The van der Waals surface area contributed by atoms with Gasteiger partial charge in [0.2, 0.25) is 0 Å². The highest BCUT2D eigenvalue weighted by Crippen LogP contribution is 2.31. The summed E-state index contributed by atoms with van der Waals surface area (Å²) in [5, 5.41) is 9.37. The van der Waals surface area contributed by atoms with E-state index in [1.807, 2.05) is 54.6 Å². The molecule has 1 N–H and O–H groups in total. The fourth-order valence-electron chi connectivity index (χ4n) is 3.01. The van der Waals surface area contributed by atoms with E-state index in [4.69, 9.17) is 14.2 Å². The van der Waals surface area contributed by atoms with Gasteiger partial charge >= 0.3 is 5.97 Å². The summed E-state index contributed by atoms with van der Waals surface area (Å²) >= 11 is 0. The fourth-order valence-corrected chi connectivity index (χ4v) is 3.01. The van der Waals surface area contributed by atoms with Gasteiger partial charge in [0.25, 0.3) is 0 Å². The first-order valence-corrected chi connectivity index (χ1v) is 8.97. The lowest BCUT2D eigenvalue weighted by atomic mass is 9.94. The Balaban J connectivity index is 2.13. The number of carboxylic acids is 1. The van der Waals surface area contributed by atoms with E-state index in [-0.39, 0.29) is 5.56 Å². The zero-order chi connectivity index (χ0) is 20.8. The highest BCUT2D eigenvalue weighted by atomic mass is 16.5. The van der Waals surface area contributed by atoms with Gasteiger partial charge in [-0.15, -0.1) is 0 Å². The Bertz CT molecular complexity index is 1020. The van der Waals surface area contributed by atoms with Crippen molar-refractivity contribution >= 4 is 17.6 Å². The minimum atomic E-state index is -1.03. The molecule has 0 aliphatic rings. The van der Waals surface area contributed by atoms with Gasteiger partial charge < -0.3 is 19.3 Å². The molecule has 0 aromatic heterocycles. The molecule has 0 radical (unpaired) electrons. The average Bonchev–Trinajstić information content (AvgIpc) is 2.77. The number of aromatic carboxylic acids is 1. The minimum Gasteiger partial charge on any atom is -0.497 e. The van der Waals surface area contributed by atoms with Crippen molar-refractivity contribution < 1.29 is 24.1 Å². The van der Waals surface area contributed by atoms with Crippen molar-refractivity contribution in [3.05, 3.63) is 89.0 Å². The van der Waals surface area contributed by atoms with Crippen molar-refractivity contribution in [2.45, 2.75) is 0 Å². The highest BCUT2D eigenvalue weighted by molar-refractivity contribution is 5.95. The van der Waals surface area contributed by atoms with E-state index in [2.05, 4.69) is 0 Å². The van der Waals surface area contributed by atoms with E-state index in [1.165, 1.54) is 7.11 Å². The predicted molar refractivity (Wildman–Crippen MR) is 113 cm³/mol. The second-order valence-corrected chi connectivity index (χ2v) is 6.28. The lowest BCUT2D eigenvalue weighted by Crippen LogP contribution is -2.01. The van der Waals surface area contributed by atoms with Crippen molar-refractivity contribution in [2.24, 2.45) is 0 Å². The SMILES string of the molecule is COc1ccc(/C=C(\c2ccc(OC)cc2)c2ccc(C(=O)O)c(OC)c2)cc1. The second-order valence-electron chi connectivity index (χ2n) is 6.28. The van der Waals surface area contributed by atoms with Gasteiger partial charge in [0.15, 0.2) is 0 Å². The first-order valence-electron chi connectivity index (χ1n) is 8.97. The number of hydrogen-bond donors (Lipinski definition) is 1. The van der Waals surface area contributed by atoms with Gasteiger partial charge in [-0.25, -0.2) is 4.79 Å². The van der Waals surface area contributed by atoms with Gasteiger partial charge in [-0.05, 0) is 64.7 Å². The molecule has 5 nitrogen and oxygen atoms in total. The number of hydrogen-bond acceptors (Lipinski definition) is 4. The molecule has 0 fully saturated rings. The van der Waals surface area contributed by atoms with Crippen molar-refractivity contribution in [3.8, 4) is 17.2 Å². The quantitative estimate of drug-likeness (QED) is 0.575. The molecule has 0 heterocycles. The van der Waals surface area contributed by atoms with Crippen LogP contribution in [0.3, 0.4) is 0 Å². The molecule has 3 aromatic rings. The summed E-state index contributed by atoms with van der Waals surface area (Å²) < 4.78 is 15.8. The third kappa shape index (κ3) is 4.58. The summed E-state index contributed by atoms with van der Waals surface area (Å²) in [7, 11) is 4.72. The molecule has 148 valence electrons. The molecule has 0 saturated heterocycles. The molecular weight excluding hydrogens is 368 g/mol. The molecule has 5 heteroatoms. The molecule has 0 aliphatic heterocycles. The zero-order valence-corrected chi connectivity index (χ0v) is 16.5. The first-order chi connectivity index (χ1) is 14.0. The molecule has 3 aromatic carbocycles. The molecule has 0 aliphatic carbocycles. The van der Waals surface area contributed by atoms with Crippen molar-refractivity contribution in [2.75, 3.05) is 21.3 Å². The molecular formula is C24H22O5. The largest absolute Gasteiger partial charge is 0.497 e. The van der Waals surface area contributed by atoms with E-state index in [0.717, 1.165) is 33.8 Å². The molecule has 3 rings (SSSR count). The summed E-state index contributed by atoms with van der Waals surface area (Å²) in [6.07, 6.45) is 2.04. The lowest BCUT2D eigenvalue weighted by Gasteiger charge is -2.13. The first kappa shape index (κ1) is 20.0. The van der Waals surface area contributed by atoms with Gasteiger partial charge in [0.1, 0.15) is 22.8 Å². The van der Waals surface area contributed by atoms with Crippen LogP contribution >= 0.6 is 0 Å².